The van der Waals surface area contributed by atoms with Gasteiger partial charge in [-0.1, -0.05) is 44.0 Å². The standard InChI is InChI=1S/C6H10Cl2O/c1-5(2,3)6(8)4(7)9-6/h4H,1-3H3/t4-,6+/m0/s1. The summed E-state index contributed by atoms with van der Waals surface area (Å²) < 4.78 is 5.00. The molecule has 1 saturated heterocycles. The summed E-state index contributed by atoms with van der Waals surface area (Å²) in [5.41, 5.74) is -0.375. The van der Waals surface area contributed by atoms with Gasteiger partial charge in [-0.25, -0.2) is 0 Å². The van der Waals surface area contributed by atoms with E-state index < -0.39 is 5.06 Å². The van der Waals surface area contributed by atoms with Gasteiger partial charge in [-0.15, -0.1) is 0 Å². The lowest BCUT2D eigenvalue weighted by Crippen LogP contribution is -2.25. The van der Waals surface area contributed by atoms with Crippen molar-refractivity contribution in [2.24, 2.45) is 5.41 Å². The number of halogens is 2. The molecule has 0 spiro atoms. The third kappa shape index (κ3) is 1.06. The van der Waals surface area contributed by atoms with Crippen molar-refractivity contribution in [2.45, 2.75) is 31.4 Å². The topological polar surface area (TPSA) is 12.5 Å². The van der Waals surface area contributed by atoms with E-state index in [1.807, 2.05) is 20.8 Å². The first-order valence-electron chi connectivity index (χ1n) is 2.89. The van der Waals surface area contributed by atoms with E-state index in [9.17, 15) is 0 Å². The van der Waals surface area contributed by atoms with Gasteiger partial charge in [-0.3, -0.25) is 0 Å². The normalized spacial score (nSPS) is 43.0. The van der Waals surface area contributed by atoms with E-state index in [0.717, 1.165) is 0 Å². The molecule has 1 heterocycles. The van der Waals surface area contributed by atoms with E-state index >= 15 is 0 Å². The summed E-state index contributed by atoms with van der Waals surface area (Å²) in [6, 6.07) is 0. The summed E-state index contributed by atoms with van der Waals surface area (Å²) in [4.78, 5) is 0. The number of hydrogen-bond acceptors (Lipinski definition) is 1. The van der Waals surface area contributed by atoms with Gasteiger partial charge in [0, 0.05) is 5.41 Å². The minimum atomic E-state index is -0.617. The predicted molar refractivity (Wildman–Crippen MR) is 38.8 cm³/mol. The van der Waals surface area contributed by atoms with Crippen molar-refractivity contribution in [3.05, 3.63) is 0 Å². The minimum Gasteiger partial charge on any atom is -0.332 e. The summed E-state index contributed by atoms with van der Waals surface area (Å²) in [6.07, 6.45) is 0. The first-order valence-corrected chi connectivity index (χ1v) is 3.70. The van der Waals surface area contributed by atoms with Gasteiger partial charge in [-0.2, -0.15) is 0 Å². The zero-order chi connectivity index (χ0) is 7.28. The third-order valence-electron chi connectivity index (χ3n) is 1.53. The first kappa shape index (κ1) is 7.64. The summed E-state index contributed by atoms with van der Waals surface area (Å²) in [5.74, 6) is 0. The molecule has 0 aromatic carbocycles. The minimum absolute atomic E-state index is 0.0685. The van der Waals surface area contributed by atoms with Crippen LogP contribution in [0.3, 0.4) is 0 Å². The molecule has 1 rings (SSSR count). The maximum Gasteiger partial charge on any atom is 0.188 e. The Hall–Kier alpha value is 0.540. The maximum atomic E-state index is 5.92. The highest BCUT2D eigenvalue weighted by Crippen LogP contribution is 2.55. The highest BCUT2D eigenvalue weighted by atomic mass is 35.5. The molecule has 1 fully saturated rings. The summed E-state index contributed by atoms with van der Waals surface area (Å²) >= 11 is 11.5. The van der Waals surface area contributed by atoms with Crippen molar-refractivity contribution in [1.29, 1.82) is 0 Å². The van der Waals surface area contributed by atoms with Crippen LogP contribution in [0.5, 0.6) is 0 Å². The molecule has 0 N–H and O–H groups in total. The summed E-state index contributed by atoms with van der Waals surface area (Å²) in [6.45, 7) is 6.01. The van der Waals surface area contributed by atoms with Gasteiger partial charge in [-0.05, 0) is 0 Å². The van der Waals surface area contributed by atoms with E-state index in [1.165, 1.54) is 0 Å². The molecule has 0 aromatic rings. The van der Waals surface area contributed by atoms with Crippen molar-refractivity contribution in [2.75, 3.05) is 0 Å². The van der Waals surface area contributed by atoms with Gasteiger partial charge in [0.1, 0.15) is 0 Å². The van der Waals surface area contributed by atoms with E-state index in [2.05, 4.69) is 0 Å². The lowest BCUT2D eigenvalue weighted by molar-refractivity contribution is 0.230. The van der Waals surface area contributed by atoms with E-state index in [-0.39, 0.29) is 11.0 Å². The van der Waals surface area contributed by atoms with Gasteiger partial charge in [0.05, 0.1) is 0 Å². The molecular formula is C6H10Cl2O. The van der Waals surface area contributed by atoms with E-state index in [0.29, 0.717) is 0 Å². The van der Waals surface area contributed by atoms with E-state index in [1.54, 1.807) is 0 Å². The molecule has 54 valence electrons. The third-order valence-corrected chi connectivity index (χ3v) is 2.89. The fourth-order valence-electron chi connectivity index (χ4n) is 0.634. The first-order chi connectivity index (χ1) is 3.88. The molecule has 0 aromatic heterocycles. The smallest absolute Gasteiger partial charge is 0.188 e. The fourth-order valence-corrected chi connectivity index (χ4v) is 1.24. The second-order valence-electron chi connectivity index (χ2n) is 3.33. The highest BCUT2D eigenvalue weighted by molar-refractivity contribution is 6.34. The molecule has 0 saturated carbocycles. The van der Waals surface area contributed by atoms with Gasteiger partial charge in [0.25, 0.3) is 0 Å². The number of hydrogen-bond donors (Lipinski definition) is 0. The SMILES string of the molecule is CC(C)(C)[C@]1(Cl)O[C@@H]1Cl. The number of ether oxygens (including phenoxy) is 1. The number of rotatable bonds is 0. The van der Waals surface area contributed by atoms with Gasteiger partial charge < -0.3 is 4.74 Å². The fraction of sp³-hybridized carbons (Fsp3) is 1.00. The van der Waals surface area contributed by atoms with E-state index in [4.69, 9.17) is 27.9 Å². The second kappa shape index (κ2) is 1.77. The van der Waals surface area contributed by atoms with Crippen LogP contribution in [0.4, 0.5) is 0 Å². The molecule has 0 radical (unpaired) electrons. The Kier molecular flexibility index (Phi) is 1.51. The Morgan fingerprint density at radius 2 is 1.78 bits per heavy atom. The van der Waals surface area contributed by atoms with Crippen molar-refractivity contribution >= 4 is 23.2 Å². The van der Waals surface area contributed by atoms with Crippen LogP contribution in [0.25, 0.3) is 0 Å². The second-order valence-corrected chi connectivity index (χ2v) is 4.29. The summed E-state index contributed by atoms with van der Waals surface area (Å²) in [5, 5.41) is -0.617. The van der Waals surface area contributed by atoms with Crippen LogP contribution >= 0.6 is 23.2 Å². The van der Waals surface area contributed by atoms with Gasteiger partial charge in [0.2, 0.25) is 0 Å². The Morgan fingerprint density at radius 1 is 1.44 bits per heavy atom. The molecular weight excluding hydrogens is 159 g/mol. The van der Waals surface area contributed by atoms with Crippen molar-refractivity contribution in [1.82, 2.24) is 0 Å². The Bertz CT molecular complexity index is 130. The Balaban J connectivity index is 2.64. The zero-order valence-corrected chi connectivity index (χ0v) is 7.25. The van der Waals surface area contributed by atoms with Crippen LogP contribution in [0.1, 0.15) is 20.8 Å². The molecule has 0 bridgehead atoms. The largest absolute Gasteiger partial charge is 0.332 e. The summed E-state index contributed by atoms with van der Waals surface area (Å²) in [7, 11) is 0. The molecule has 0 aliphatic carbocycles. The monoisotopic (exact) mass is 168 g/mol. The van der Waals surface area contributed by atoms with Crippen molar-refractivity contribution < 1.29 is 4.74 Å². The average molecular weight is 169 g/mol. The van der Waals surface area contributed by atoms with Crippen LogP contribution in [0, 0.1) is 5.41 Å². The van der Waals surface area contributed by atoms with Crippen LogP contribution in [-0.4, -0.2) is 10.6 Å². The maximum absolute atomic E-state index is 5.92. The van der Waals surface area contributed by atoms with Crippen LogP contribution in [-0.2, 0) is 4.74 Å². The molecule has 0 amide bonds. The number of epoxide rings is 1. The quantitative estimate of drug-likeness (QED) is 0.401. The molecule has 1 nitrogen and oxygen atoms in total. The lowest BCUT2D eigenvalue weighted by Gasteiger charge is -2.20. The molecule has 1 aliphatic rings. The highest BCUT2D eigenvalue weighted by Gasteiger charge is 2.62. The van der Waals surface area contributed by atoms with Gasteiger partial charge >= 0.3 is 0 Å². The molecule has 0 unspecified atom stereocenters. The molecule has 3 heteroatoms. The van der Waals surface area contributed by atoms with Crippen molar-refractivity contribution in [3.8, 4) is 0 Å². The van der Waals surface area contributed by atoms with Crippen LogP contribution < -0.4 is 0 Å². The van der Waals surface area contributed by atoms with Crippen LogP contribution in [0.15, 0.2) is 0 Å². The van der Waals surface area contributed by atoms with Crippen LogP contribution in [0.2, 0.25) is 0 Å². The lowest BCUT2D eigenvalue weighted by atomic mass is 9.92. The molecule has 9 heavy (non-hydrogen) atoms. The Morgan fingerprint density at radius 3 is 1.78 bits per heavy atom. The van der Waals surface area contributed by atoms with Crippen molar-refractivity contribution in [3.63, 3.8) is 0 Å². The average Bonchev–Trinajstić information content (AvgIpc) is 2.13. The predicted octanol–water partition coefficient (Wildman–Crippen LogP) is 2.56. The molecule has 1 aliphatic heterocycles. The zero-order valence-electron chi connectivity index (χ0n) is 5.74. The Labute approximate surface area is 65.3 Å². The number of alkyl halides is 2. The van der Waals surface area contributed by atoms with Gasteiger partial charge in [0.15, 0.2) is 10.6 Å². The molecule has 2 atom stereocenters.